The Labute approximate surface area is 97.1 Å². The number of hydrogen-bond acceptors (Lipinski definition) is 3. The molecule has 0 saturated heterocycles. The van der Waals surface area contributed by atoms with Gasteiger partial charge in [0.05, 0.1) is 30.3 Å². The van der Waals surface area contributed by atoms with Crippen molar-refractivity contribution in [1.82, 2.24) is 4.98 Å². The summed E-state index contributed by atoms with van der Waals surface area (Å²) in [5.41, 5.74) is 1.06. The maximum Gasteiger partial charge on any atom is 0.339 e. The molecule has 0 aliphatic heterocycles. The number of methoxy groups -OCH3 is 2. The molecule has 1 aromatic carbocycles. The quantitative estimate of drug-likeness (QED) is 0.820. The number of nitrogens with one attached hydrogen (secondary N) is 1. The second-order valence-electron chi connectivity index (χ2n) is 3.20. The van der Waals surface area contributed by atoms with Crippen LogP contribution >= 0.6 is 11.6 Å². The first-order chi connectivity index (χ1) is 7.69. The van der Waals surface area contributed by atoms with Crippen LogP contribution in [-0.4, -0.2) is 25.2 Å². The highest BCUT2D eigenvalue weighted by molar-refractivity contribution is 6.38. The van der Waals surface area contributed by atoms with Crippen LogP contribution in [0.5, 0.6) is 5.75 Å². The molecule has 0 saturated carbocycles. The van der Waals surface area contributed by atoms with Crippen LogP contribution in [0.4, 0.5) is 0 Å². The number of hydrogen-bond donors (Lipinski definition) is 1. The van der Waals surface area contributed by atoms with E-state index in [1.807, 2.05) is 0 Å². The lowest BCUT2D eigenvalue weighted by atomic mass is 10.1. The van der Waals surface area contributed by atoms with Gasteiger partial charge in [0, 0.05) is 11.6 Å². The minimum atomic E-state index is -0.480. The van der Waals surface area contributed by atoms with Gasteiger partial charge in [-0.2, -0.15) is 0 Å². The van der Waals surface area contributed by atoms with Gasteiger partial charge in [0.25, 0.3) is 0 Å². The van der Waals surface area contributed by atoms with Crippen LogP contribution in [-0.2, 0) is 4.74 Å². The average Bonchev–Trinajstić information content (AvgIpc) is 2.78. The number of ether oxygens (including phenoxy) is 2. The van der Waals surface area contributed by atoms with Gasteiger partial charge in [-0.25, -0.2) is 4.79 Å². The second-order valence-corrected chi connectivity index (χ2v) is 3.58. The molecule has 0 spiro atoms. The monoisotopic (exact) mass is 239 g/mol. The molecule has 0 amide bonds. The lowest BCUT2D eigenvalue weighted by molar-refractivity contribution is 0.0601. The van der Waals surface area contributed by atoms with Crippen LogP contribution < -0.4 is 4.74 Å². The number of rotatable bonds is 2. The summed E-state index contributed by atoms with van der Waals surface area (Å²) in [6, 6.07) is 3.35. The summed E-state index contributed by atoms with van der Waals surface area (Å²) >= 11 is 6.11. The van der Waals surface area contributed by atoms with Crippen LogP contribution in [0.1, 0.15) is 10.4 Å². The first kappa shape index (κ1) is 10.8. The molecule has 1 heterocycles. The first-order valence-corrected chi connectivity index (χ1v) is 4.98. The average molecular weight is 240 g/mol. The lowest BCUT2D eigenvalue weighted by Crippen LogP contribution is -2.03. The lowest BCUT2D eigenvalue weighted by Gasteiger charge is -2.07. The van der Waals surface area contributed by atoms with Crippen LogP contribution in [0.15, 0.2) is 18.3 Å². The summed E-state index contributed by atoms with van der Waals surface area (Å²) in [6.45, 7) is 0. The van der Waals surface area contributed by atoms with E-state index in [4.69, 9.17) is 16.3 Å². The minimum Gasteiger partial charge on any atom is -0.495 e. The molecule has 0 radical (unpaired) electrons. The highest BCUT2D eigenvalue weighted by Gasteiger charge is 2.17. The van der Waals surface area contributed by atoms with Gasteiger partial charge < -0.3 is 14.5 Å². The number of aromatic nitrogens is 1. The highest BCUT2D eigenvalue weighted by atomic mass is 35.5. The zero-order chi connectivity index (χ0) is 11.7. The van der Waals surface area contributed by atoms with Crippen molar-refractivity contribution in [3.8, 4) is 5.75 Å². The van der Waals surface area contributed by atoms with E-state index in [9.17, 15) is 4.79 Å². The van der Waals surface area contributed by atoms with Crippen LogP contribution in [0.2, 0.25) is 5.02 Å². The summed E-state index contributed by atoms with van der Waals surface area (Å²) in [4.78, 5) is 14.5. The summed E-state index contributed by atoms with van der Waals surface area (Å²) < 4.78 is 9.83. The number of carbonyl (C=O) groups is 1. The molecule has 4 nitrogen and oxygen atoms in total. The fourth-order valence-electron chi connectivity index (χ4n) is 1.59. The van der Waals surface area contributed by atoms with Gasteiger partial charge in [0.15, 0.2) is 0 Å². The van der Waals surface area contributed by atoms with Crippen molar-refractivity contribution >= 4 is 28.5 Å². The Morgan fingerprint density at radius 2 is 2.19 bits per heavy atom. The summed E-state index contributed by atoms with van der Waals surface area (Å²) in [5.74, 6) is 0.0798. The molecule has 5 heteroatoms. The predicted octanol–water partition coefficient (Wildman–Crippen LogP) is 2.62. The predicted molar refractivity (Wildman–Crippen MR) is 61.2 cm³/mol. The Morgan fingerprint density at radius 1 is 1.44 bits per heavy atom. The Hall–Kier alpha value is -1.68. The Balaban J connectivity index is 2.75. The van der Waals surface area contributed by atoms with E-state index in [0.29, 0.717) is 16.3 Å². The van der Waals surface area contributed by atoms with Crippen LogP contribution in [0.25, 0.3) is 10.9 Å². The number of benzene rings is 1. The van der Waals surface area contributed by atoms with Gasteiger partial charge in [-0.1, -0.05) is 11.6 Å². The molecule has 16 heavy (non-hydrogen) atoms. The van der Waals surface area contributed by atoms with Crippen molar-refractivity contribution in [3.05, 3.63) is 28.9 Å². The third kappa shape index (κ3) is 1.51. The molecular formula is C11H10ClNO3. The topological polar surface area (TPSA) is 51.3 Å². The Bertz CT molecular complexity index is 547. The maximum atomic E-state index is 11.5. The molecule has 0 atom stereocenters. The zero-order valence-electron chi connectivity index (χ0n) is 8.83. The molecular weight excluding hydrogens is 230 g/mol. The van der Waals surface area contributed by atoms with E-state index in [1.165, 1.54) is 14.2 Å². The maximum absolute atomic E-state index is 11.5. The highest BCUT2D eigenvalue weighted by Crippen LogP contribution is 2.34. The molecule has 84 valence electrons. The number of carbonyl (C=O) groups excluding carboxylic acids is 1. The summed E-state index contributed by atoms with van der Waals surface area (Å²) in [7, 11) is 2.84. The number of esters is 1. The van der Waals surface area contributed by atoms with E-state index in [-0.39, 0.29) is 0 Å². The van der Waals surface area contributed by atoms with Crippen molar-refractivity contribution in [2.24, 2.45) is 0 Å². The van der Waals surface area contributed by atoms with Gasteiger partial charge in [-0.05, 0) is 12.1 Å². The van der Waals surface area contributed by atoms with Crippen molar-refractivity contribution < 1.29 is 14.3 Å². The molecule has 1 aromatic heterocycles. The summed E-state index contributed by atoms with van der Waals surface area (Å²) in [6.07, 6.45) is 1.74. The molecule has 1 N–H and O–H groups in total. The third-order valence-electron chi connectivity index (χ3n) is 2.37. The fourth-order valence-corrected chi connectivity index (χ4v) is 1.88. The van der Waals surface area contributed by atoms with Crippen LogP contribution in [0.3, 0.4) is 0 Å². The van der Waals surface area contributed by atoms with E-state index in [0.717, 1.165) is 10.9 Å². The van der Waals surface area contributed by atoms with Crippen LogP contribution in [0, 0.1) is 0 Å². The fraction of sp³-hybridized carbons (Fsp3) is 0.182. The third-order valence-corrected chi connectivity index (χ3v) is 2.77. The normalized spacial score (nSPS) is 10.4. The smallest absolute Gasteiger partial charge is 0.339 e. The molecule has 2 rings (SSSR count). The van der Waals surface area contributed by atoms with E-state index < -0.39 is 5.97 Å². The molecule has 0 unspecified atom stereocenters. The molecule has 0 aliphatic carbocycles. The van der Waals surface area contributed by atoms with Gasteiger partial charge >= 0.3 is 5.97 Å². The molecule has 0 fully saturated rings. The van der Waals surface area contributed by atoms with Gasteiger partial charge in [-0.3, -0.25) is 0 Å². The van der Waals surface area contributed by atoms with Crippen molar-refractivity contribution in [2.45, 2.75) is 0 Å². The van der Waals surface area contributed by atoms with Gasteiger partial charge in [0.1, 0.15) is 5.75 Å². The van der Waals surface area contributed by atoms with E-state index >= 15 is 0 Å². The van der Waals surface area contributed by atoms with Gasteiger partial charge in [0.2, 0.25) is 0 Å². The number of fused-ring (bicyclic) bond motifs is 1. The van der Waals surface area contributed by atoms with E-state index in [2.05, 4.69) is 9.72 Å². The minimum absolute atomic E-state index is 0.299. The largest absolute Gasteiger partial charge is 0.495 e. The number of aromatic amines is 1. The molecule has 0 bridgehead atoms. The summed E-state index contributed by atoms with van der Waals surface area (Å²) in [5, 5.41) is 1.10. The SMILES string of the molecule is COC(=O)c1cc(OC)c2[nH]ccc2c1Cl. The molecule has 2 aromatic rings. The van der Waals surface area contributed by atoms with Gasteiger partial charge in [-0.15, -0.1) is 0 Å². The van der Waals surface area contributed by atoms with Crippen molar-refractivity contribution in [2.75, 3.05) is 14.2 Å². The first-order valence-electron chi connectivity index (χ1n) is 4.61. The standard InChI is InChI=1S/C11H10ClNO3/c1-15-8-5-7(11(14)16-2)9(12)6-3-4-13-10(6)8/h3-5,13H,1-2H3. The van der Waals surface area contributed by atoms with E-state index in [1.54, 1.807) is 18.3 Å². The Kier molecular flexibility index (Phi) is 2.75. The Morgan fingerprint density at radius 3 is 2.81 bits per heavy atom. The number of halogens is 1. The zero-order valence-corrected chi connectivity index (χ0v) is 9.59. The van der Waals surface area contributed by atoms with Crippen molar-refractivity contribution in [1.29, 1.82) is 0 Å². The second kappa shape index (κ2) is 4.06. The molecule has 0 aliphatic rings. The number of H-pyrrole nitrogens is 1. The van der Waals surface area contributed by atoms with Crippen molar-refractivity contribution in [3.63, 3.8) is 0 Å².